The van der Waals surface area contributed by atoms with Crippen molar-refractivity contribution in [3.63, 3.8) is 0 Å². The van der Waals surface area contributed by atoms with Gasteiger partial charge in [0.1, 0.15) is 11.4 Å². The molecule has 0 saturated carbocycles. The van der Waals surface area contributed by atoms with Crippen LogP contribution >= 0.6 is 0 Å². The van der Waals surface area contributed by atoms with Crippen molar-refractivity contribution in [1.82, 2.24) is 19.3 Å². The Bertz CT molecular complexity index is 1700. The van der Waals surface area contributed by atoms with Gasteiger partial charge in [-0.3, -0.25) is 19.4 Å². The van der Waals surface area contributed by atoms with Gasteiger partial charge in [0.2, 0.25) is 5.91 Å². The maximum atomic E-state index is 13.8. The van der Waals surface area contributed by atoms with E-state index in [1.165, 1.54) is 13.4 Å². The Morgan fingerprint density at radius 2 is 1.71 bits per heavy atom. The Morgan fingerprint density at radius 3 is 2.31 bits per heavy atom. The SMILES string of the molecule is COc1c(CS(C)(=O)=O)cc(C(C)(C)C)cc1NC(=O)c1cc2cccc(CN3CCN(C(=O)[C@@H]4CCCN4C)CC3)c2n1C. The van der Waals surface area contributed by atoms with E-state index in [4.69, 9.17) is 4.74 Å². The lowest BCUT2D eigenvalue weighted by atomic mass is 9.85. The summed E-state index contributed by atoms with van der Waals surface area (Å²) in [6.45, 7) is 10.9. The van der Waals surface area contributed by atoms with Gasteiger partial charge in [0.15, 0.2) is 9.84 Å². The van der Waals surface area contributed by atoms with E-state index in [1.807, 2.05) is 74.7 Å². The monoisotopic (exact) mass is 637 g/mol. The zero-order valence-electron chi connectivity index (χ0n) is 27.6. The lowest BCUT2D eigenvalue weighted by molar-refractivity contribution is -0.137. The Hall–Kier alpha value is -3.41. The summed E-state index contributed by atoms with van der Waals surface area (Å²) in [4.78, 5) is 33.4. The first-order valence-corrected chi connectivity index (χ1v) is 17.7. The number of hydrogen-bond donors (Lipinski definition) is 1. The maximum absolute atomic E-state index is 13.8. The number of benzene rings is 2. The topological polar surface area (TPSA) is 104 Å². The molecule has 2 fully saturated rings. The van der Waals surface area contributed by atoms with Crippen LogP contribution in [0.4, 0.5) is 5.69 Å². The molecule has 2 amide bonds. The van der Waals surface area contributed by atoms with Crippen LogP contribution in [0.3, 0.4) is 0 Å². The van der Waals surface area contributed by atoms with E-state index in [0.717, 1.165) is 74.1 Å². The van der Waals surface area contributed by atoms with Crippen LogP contribution in [0.15, 0.2) is 36.4 Å². The van der Waals surface area contributed by atoms with Crippen molar-refractivity contribution in [2.24, 2.45) is 7.05 Å². The summed E-state index contributed by atoms with van der Waals surface area (Å²) in [5, 5.41) is 3.99. The highest BCUT2D eigenvalue weighted by Gasteiger charge is 2.33. The number of aryl methyl sites for hydroxylation is 1. The van der Waals surface area contributed by atoms with Crippen LogP contribution < -0.4 is 10.1 Å². The van der Waals surface area contributed by atoms with E-state index in [0.29, 0.717) is 22.7 Å². The van der Waals surface area contributed by atoms with Gasteiger partial charge in [0.05, 0.1) is 30.1 Å². The average molecular weight is 638 g/mol. The number of amides is 2. The third-order valence-corrected chi connectivity index (χ3v) is 9.99. The van der Waals surface area contributed by atoms with Crippen LogP contribution in [0.2, 0.25) is 0 Å². The molecule has 11 heteroatoms. The smallest absolute Gasteiger partial charge is 0.272 e. The van der Waals surface area contributed by atoms with Crippen molar-refractivity contribution in [2.45, 2.75) is 57.4 Å². The average Bonchev–Trinajstić information content (AvgIpc) is 3.55. The molecule has 0 spiro atoms. The number of piperazine rings is 1. The van der Waals surface area contributed by atoms with Crippen LogP contribution in [0.1, 0.15) is 60.8 Å². The molecule has 2 saturated heterocycles. The molecule has 5 rings (SSSR count). The first-order chi connectivity index (χ1) is 21.2. The fourth-order valence-corrected chi connectivity index (χ4v) is 7.46. The minimum Gasteiger partial charge on any atom is -0.494 e. The van der Waals surface area contributed by atoms with Gasteiger partial charge in [-0.15, -0.1) is 0 Å². The molecule has 0 radical (unpaired) electrons. The minimum atomic E-state index is -3.35. The van der Waals surface area contributed by atoms with Crippen molar-refractivity contribution in [2.75, 3.05) is 58.5 Å². The van der Waals surface area contributed by atoms with Crippen molar-refractivity contribution < 1.29 is 22.7 Å². The summed E-state index contributed by atoms with van der Waals surface area (Å²) >= 11 is 0. The molecule has 244 valence electrons. The number of likely N-dealkylation sites (N-methyl/N-ethyl adjacent to an activating group) is 1. The van der Waals surface area contributed by atoms with E-state index in [-0.39, 0.29) is 29.0 Å². The quantitative estimate of drug-likeness (QED) is 0.398. The van der Waals surface area contributed by atoms with Gasteiger partial charge in [-0.1, -0.05) is 45.0 Å². The summed E-state index contributed by atoms with van der Waals surface area (Å²) < 4.78 is 32.1. The molecular weight excluding hydrogens is 590 g/mol. The molecule has 3 heterocycles. The highest BCUT2D eigenvalue weighted by molar-refractivity contribution is 7.89. The second kappa shape index (κ2) is 12.8. The van der Waals surface area contributed by atoms with Gasteiger partial charge >= 0.3 is 0 Å². The first kappa shape index (κ1) is 33.0. The molecule has 1 N–H and O–H groups in total. The summed E-state index contributed by atoms with van der Waals surface area (Å²) in [7, 11) is 2.07. The van der Waals surface area contributed by atoms with E-state index >= 15 is 0 Å². The Labute approximate surface area is 267 Å². The summed E-state index contributed by atoms with van der Waals surface area (Å²) in [5.41, 5.74) is 4.16. The molecule has 0 unspecified atom stereocenters. The van der Waals surface area contributed by atoms with Crippen molar-refractivity contribution in [3.05, 3.63) is 58.8 Å². The number of hydrogen-bond acceptors (Lipinski definition) is 7. The summed E-state index contributed by atoms with van der Waals surface area (Å²) in [6.07, 6.45) is 3.21. The van der Waals surface area contributed by atoms with Gasteiger partial charge in [-0.25, -0.2) is 8.42 Å². The number of fused-ring (bicyclic) bond motifs is 1. The van der Waals surface area contributed by atoms with E-state index < -0.39 is 9.84 Å². The van der Waals surface area contributed by atoms with E-state index in [2.05, 4.69) is 21.2 Å². The van der Waals surface area contributed by atoms with Crippen LogP contribution in [0.25, 0.3) is 10.9 Å². The Balaban J connectivity index is 1.36. The highest BCUT2D eigenvalue weighted by atomic mass is 32.2. The van der Waals surface area contributed by atoms with Crippen LogP contribution in [-0.4, -0.2) is 98.7 Å². The first-order valence-electron chi connectivity index (χ1n) is 15.7. The number of carbonyl (C=O) groups excluding carboxylic acids is 2. The van der Waals surface area contributed by atoms with Gasteiger partial charge in [-0.2, -0.15) is 0 Å². The molecule has 1 atom stereocenters. The van der Waals surface area contributed by atoms with Gasteiger partial charge in [-0.05, 0) is 55.1 Å². The Kier molecular flexibility index (Phi) is 9.35. The summed E-state index contributed by atoms with van der Waals surface area (Å²) in [5.74, 6) is 0.0974. The van der Waals surface area contributed by atoms with Crippen LogP contribution in [-0.2, 0) is 39.4 Å². The molecule has 0 aliphatic carbocycles. The summed E-state index contributed by atoms with van der Waals surface area (Å²) in [6, 6.07) is 11.7. The maximum Gasteiger partial charge on any atom is 0.272 e. The molecule has 2 aliphatic rings. The number of ether oxygens (including phenoxy) is 1. The number of para-hydroxylation sites is 1. The predicted molar refractivity (Wildman–Crippen MR) is 179 cm³/mol. The zero-order chi connectivity index (χ0) is 32.7. The number of anilines is 1. The second-order valence-corrected chi connectivity index (χ2v) is 15.8. The standard InChI is InChI=1S/C34H47N5O5S/c1-34(2,3)26-18-25(22-45(7,42)43)31(44-6)27(20-26)35-32(40)29-19-23-10-8-11-24(30(23)37(29)5)21-38-14-16-39(17-15-38)33(41)28-12-9-13-36(28)4/h8,10-11,18-20,28H,9,12-17,21-22H2,1-7H3,(H,35,40)/t28-/m0/s1. The van der Waals surface area contributed by atoms with Gasteiger partial charge < -0.3 is 19.5 Å². The van der Waals surface area contributed by atoms with Crippen molar-refractivity contribution in [1.29, 1.82) is 0 Å². The van der Waals surface area contributed by atoms with Crippen molar-refractivity contribution in [3.8, 4) is 5.75 Å². The number of nitrogens with one attached hydrogen (secondary N) is 1. The number of carbonyl (C=O) groups is 2. The largest absolute Gasteiger partial charge is 0.494 e. The molecule has 3 aromatic rings. The third kappa shape index (κ3) is 7.21. The lowest BCUT2D eigenvalue weighted by Crippen LogP contribution is -2.52. The minimum absolute atomic E-state index is 0.0143. The molecule has 10 nitrogen and oxygen atoms in total. The number of rotatable bonds is 8. The normalized spacial score (nSPS) is 18.5. The van der Waals surface area contributed by atoms with Gasteiger partial charge in [0.25, 0.3) is 5.91 Å². The number of methoxy groups -OCH3 is 1. The zero-order valence-corrected chi connectivity index (χ0v) is 28.5. The number of sulfone groups is 1. The molecule has 1 aromatic heterocycles. The van der Waals surface area contributed by atoms with Crippen molar-refractivity contribution >= 4 is 38.2 Å². The second-order valence-electron chi connectivity index (χ2n) is 13.7. The molecular formula is C34H47N5O5S. The molecule has 2 aromatic carbocycles. The highest BCUT2D eigenvalue weighted by Crippen LogP contribution is 2.37. The fraction of sp³-hybridized carbons (Fsp3) is 0.529. The Morgan fingerprint density at radius 1 is 1.00 bits per heavy atom. The number of likely N-dealkylation sites (tertiary alicyclic amines) is 1. The van der Waals surface area contributed by atoms with Crippen LogP contribution in [0, 0.1) is 0 Å². The third-order valence-electron chi connectivity index (χ3n) is 9.16. The fourth-order valence-electron chi connectivity index (χ4n) is 6.68. The van der Waals surface area contributed by atoms with E-state index in [1.54, 1.807) is 0 Å². The van der Waals surface area contributed by atoms with E-state index in [9.17, 15) is 18.0 Å². The molecule has 0 bridgehead atoms. The number of nitrogens with zero attached hydrogens (tertiary/aromatic N) is 4. The molecule has 2 aliphatic heterocycles. The van der Waals surface area contributed by atoms with Gasteiger partial charge in [0, 0.05) is 57.0 Å². The van der Waals surface area contributed by atoms with Crippen LogP contribution in [0.5, 0.6) is 5.75 Å². The lowest BCUT2D eigenvalue weighted by Gasteiger charge is -2.37. The number of aromatic nitrogens is 1. The molecule has 45 heavy (non-hydrogen) atoms. The predicted octanol–water partition coefficient (Wildman–Crippen LogP) is 4.02.